The number of benzene rings is 1. The van der Waals surface area contributed by atoms with E-state index < -0.39 is 6.04 Å². The zero-order valence-electron chi connectivity index (χ0n) is 18.5. The number of nitrogens with one attached hydrogen (secondary N) is 2. The molecule has 170 valence electrons. The molecule has 3 rings (SSSR count). The van der Waals surface area contributed by atoms with E-state index in [0.29, 0.717) is 26.1 Å². The van der Waals surface area contributed by atoms with Crippen molar-refractivity contribution in [2.75, 3.05) is 19.7 Å². The molecule has 7 nitrogen and oxygen atoms in total. The highest BCUT2D eigenvalue weighted by molar-refractivity contribution is 5.88. The Morgan fingerprint density at radius 1 is 1.06 bits per heavy atom. The number of hydrogen-bond acceptors (Lipinski definition) is 4. The van der Waals surface area contributed by atoms with Crippen molar-refractivity contribution in [2.24, 2.45) is 5.92 Å². The molecule has 0 spiro atoms. The highest BCUT2D eigenvalue weighted by Gasteiger charge is 2.33. The van der Waals surface area contributed by atoms with Crippen LogP contribution in [0.3, 0.4) is 0 Å². The van der Waals surface area contributed by atoms with Gasteiger partial charge in [-0.2, -0.15) is 0 Å². The number of rotatable bonds is 7. The summed E-state index contributed by atoms with van der Waals surface area (Å²) in [6.45, 7) is 3.05. The van der Waals surface area contributed by atoms with Crippen LogP contribution in [0.1, 0.15) is 57.4 Å². The molecule has 1 aliphatic carbocycles. The lowest BCUT2D eigenvalue weighted by atomic mass is 9.95. The van der Waals surface area contributed by atoms with Crippen molar-refractivity contribution in [3.63, 3.8) is 0 Å². The van der Waals surface area contributed by atoms with Gasteiger partial charge in [0.25, 0.3) is 0 Å². The second-order valence-corrected chi connectivity index (χ2v) is 8.57. The zero-order chi connectivity index (χ0) is 22.1. The Labute approximate surface area is 184 Å². The van der Waals surface area contributed by atoms with Gasteiger partial charge in [0.1, 0.15) is 6.04 Å². The van der Waals surface area contributed by atoms with Crippen LogP contribution in [0, 0.1) is 5.92 Å². The predicted octanol–water partition coefficient (Wildman–Crippen LogP) is 3.03. The maximum atomic E-state index is 13.4. The smallest absolute Gasteiger partial charge is 0.315 e. The molecule has 1 aromatic carbocycles. The lowest BCUT2D eigenvalue weighted by molar-refractivity contribution is -0.151. The summed E-state index contributed by atoms with van der Waals surface area (Å²) < 4.78 is 5.16. The van der Waals surface area contributed by atoms with Crippen LogP contribution in [0.2, 0.25) is 0 Å². The van der Waals surface area contributed by atoms with Gasteiger partial charge in [0.2, 0.25) is 5.91 Å². The number of ether oxygens (including phenoxy) is 1. The normalized spacial score (nSPS) is 20.5. The summed E-state index contributed by atoms with van der Waals surface area (Å²) in [6, 6.07) is 8.90. The van der Waals surface area contributed by atoms with Gasteiger partial charge in [-0.25, -0.2) is 4.79 Å². The SMILES string of the molecule is CCOC(=O)C1CCCN(C(=O)C(Cc2ccccc2)NC(=O)NC2CCCCC2)C1. The summed E-state index contributed by atoms with van der Waals surface area (Å²) in [5.41, 5.74) is 0.984. The summed E-state index contributed by atoms with van der Waals surface area (Å²) in [4.78, 5) is 40.0. The summed E-state index contributed by atoms with van der Waals surface area (Å²) in [7, 11) is 0. The van der Waals surface area contributed by atoms with E-state index in [4.69, 9.17) is 4.74 Å². The van der Waals surface area contributed by atoms with E-state index in [2.05, 4.69) is 10.6 Å². The number of carbonyl (C=O) groups is 3. The number of urea groups is 1. The second-order valence-electron chi connectivity index (χ2n) is 8.57. The third-order valence-electron chi connectivity index (χ3n) is 6.18. The van der Waals surface area contributed by atoms with Gasteiger partial charge >= 0.3 is 12.0 Å². The van der Waals surface area contributed by atoms with Gasteiger partial charge in [-0.15, -0.1) is 0 Å². The van der Waals surface area contributed by atoms with Crippen molar-refractivity contribution < 1.29 is 19.1 Å². The molecule has 1 saturated heterocycles. The van der Waals surface area contributed by atoms with Crippen LogP contribution in [0.15, 0.2) is 30.3 Å². The molecule has 2 aliphatic rings. The predicted molar refractivity (Wildman–Crippen MR) is 118 cm³/mol. The molecule has 3 amide bonds. The average Bonchev–Trinajstić information content (AvgIpc) is 2.80. The lowest BCUT2D eigenvalue weighted by Crippen LogP contribution is -2.55. The van der Waals surface area contributed by atoms with Gasteiger partial charge in [-0.05, 0) is 38.2 Å². The monoisotopic (exact) mass is 429 g/mol. The Morgan fingerprint density at radius 2 is 1.81 bits per heavy atom. The fourth-order valence-corrected chi connectivity index (χ4v) is 4.53. The minimum Gasteiger partial charge on any atom is -0.466 e. The third-order valence-corrected chi connectivity index (χ3v) is 6.18. The first-order valence-electron chi connectivity index (χ1n) is 11.6. The van der Waals surface area contributed by atoms with Crippen molar-refractivity contribution >= 4 is 17.9 Å². The number of likely N-dealkylation sites (tertiary alicyclic amines) is 1. The molecule has 1 aromatic rings. The Balaban J connectivity index is 1.66. The van der Waals surface area contributed by atoms with Crippen LogP contribution in [-0.4, -0.2) is 54.6 Å². The van der Waals surface area contributed by atoms with E-state index in [1.807, 2.05) is 30.3 Å². The Hall–Kier alpha value is -2.57. The van der Waals surface area contributed by atoms with Crippen LogP contribution in [0.5, 0.6) is 0 Å². The molecule has 1 saturated carbocycles. The number of esters is 1. The summed E-state index contributed by atoms with van der Waals surface area (Å²) in [5, 5.41) is 5.96. The fourth-order valence-electron chi connectivity index (χ4n) is 4.53. The summed E-state index contributed by atoms with van der Waals surface area (Å²) >= 11 is 0. The Morgan fingerprint density at radius 3 is 2.52 bits per heavy atom. The summed E-state index contributed by atoms with van der Waals surface area (Å²) in [5.74, 6) is -0.689. The van der Waals surface area contributed by atoms with Crippen molar-refractivity contribution in [2.45, 2.75) is 70.4 Å². The minimum absolute atomic E-state index is 0.142. The standard InChI is InChI=1S/C24H35N3O4/c1-2-31-23(29)19-12-9-15-27(17-19)22(28)21(16-18-10-5-3-6-11-18)26-24(30)25-20-13-7-4-8-14-20/h3,5-6,10-11,19-21H,2,4,7-9,12-17H2,1H3,(H2,25,26,30). The molecule has 0 aromatic heterocycles. The largest absolute Gasteiger partial charge is 0.466 e. The first-order valence-corrected chi connectivity index (χ1v) is 11.6. The van der Waals surface area contributed by atoms with Crippen LogP contribution >= 0.6 is 0 Å². The first-order chi connectivity index (χ1) is 15.1. The molecule has 1 aliphatic heterocycles. The van der Waals surface area contributed by atoms with Gasteiger partial charge in [-0.3, -0.25) is 9.59 Å². The first kappa shape index (κ1) is 23.1. The Bertz CT molecular complexity index is 734. The molecule has 1 heterocycles. The van der Waals surface area contributed by atoms with E-state index in [0.717, 1.165) is 44.1 Å². The maximum Gasteiger partial charge on any atom is 0.315 e. The van der Waals surface area contributed by atoms with Crippen LogP contribution in [-0.2, 0) is 20.7 Å². The van der Waals surface area contributed by atoms with Crippen LogP contribution < -0.4 is 10.6 Å². The molecule has 2 atom stereocenters. The zero-order valence-corrected chi connectivity index (χ0v) is 18.5. The van der Waals surface area contributed by atoms with E-state index in [1.165, 1.54) is 6.42 Å². The fraction of sp³-hybridized carbons (Fsp3) is 0.625. The van der Waals surface area contributed by atoms with Crippen LogP contribution in [0.25, 0.3) is 0 Å². The third kappa shape index (κ3) is 6.97. The van der Waals surface area contributed by atoms with Crippen molar-refractivity contribution in [3.05, 3.63) is 35.9 Å². The molecular formula is C24H35N3O4. The highest BCUT2D eigenvalue weighted by Crippen LogP contribution is 2.20. The molecule has 31 heavy (non-hydrogen) atoms. The van der Waals surface area contributed by atoms with Gasteiger partial charge in [0.15, 0.2) is 0 Å². The van der Waals surface area contributed by atoms with Gasteiger partial charge in [0.05, 0.1) is 12.5 Å². The molecule has 2 N–H and O–H groups in total. The molecule has 0 bridgehead atoms. The molecule has 7 heteroatoms. The number of hydrogen-bond donors (Lipinski definition) is 2. The van der Waals surface area contributed by atoms with E-state index in [1.54, 1.807) is 11.8 Å². The number of piperidine rings is 1. The molecule has 2 unspecified atom stereocenters. The van der Waals surface area contributed by atoms with Crippen molar-refractivity contribution in [1.82, 2.24) is 15.5 Å². The number of carbonyl (C=O) groups excluding carboxylic acids is 3. The van der Waals surface area contributed by atoms with Gasteiger partial charge in [0, 0.05) is 25.6 Å². The average molecular weight is 430 g/mol. The topological polar surface area (TPSA) is 87.7 Å². The second kappa shape index (κ2) is 11.7. The summed E-state index contributed by atoms with van der Waals surface area (Å²) in [6.07, 6.45) is 7.32. The number of amides is 3. The molecule has 0 radical (unpaired) electrons. The van der Waals surface area contributed by atoms with E-state index in [9.17, 15) is 14.4 Å². The highest BCUT2D eigenvalue weighted by atomic mass is 16.5. The maximum absolute atomic E-state index is 13.4. The van der Waals surface area contributed by atoms with E-state index in [-0.39, 0.29) is 29.9 Å². The minimum atomic E-state index is -0.674. The quantitative estimate of drug-likeness (QED) is 0.652. The van der Waals surface area contributed by atoms with Gasteiger partial charge in [-0.1, -0.05) is 49.6 Å². The Kier molecular flexibility index (Phi) is 8.74. The van der Waals surface area contributed by atoms with Crippen molar-refractivity contribution in [1.29, 1.82) is 0 Å². The van der Waals surface area contributed by atoms with Crippen LogP contribution in [0.4, 0.5) is 4.79 Å². The lowest BCUT2D eigenvalue weighted by Gasteiger charge is -2.34. The number of nitrogens with zero attached hydrogens (tertiary/aromatic N) is 1. The van der Waals surface area contributed by atoms with E-state index >= 15 is 0 Å². The molecule has 2 fully saturated rings. The van der Waals surface area contributed by atoms with Crippen molar-refractivity contribution in [3.8, 4) is 0 Å². The molecular weight excluding hydrogens is 394 g/mol. The van der Waals surface area contributed by atoms with Gasteiger partial charge < -0.3 is 20.3 Å².